The average Bonchev–Trinajstić information content (AvgIpc) is 2.31. The SMILES string of the molecule is CC1=C(C(=O)O)C(c2ccc(F)c(F)c2)NC(O)N1. The van der Waals surface area contributed by atoms with Crippen molar-refractivity contribution in [3.63, 3.8) is 0 Å². The second-order valence-corrected chi connectivity index (χ2v) is 4.16. The van der Waals surface area contributed by atoms with Gasteiger partial charge in [-0.25, -0.2) is 13.6 Å². The fraction of sp³-hybridized carbons (Fsp3) is 0.250. The van der Waals surface area contributed by atoms with Crippen LogP contribution in [0.3, 0.4) is 0 Å². The van der Waals surface area contributed by atoms with Crippen LogP contribution >= 0.6 is 0 Å². The number of rotatable bonds is 2. The Morgan fingerprint density at radius 1 is 1.32 bits per heavy atom. The number of benzene rings is 1. The topological polar surface area (TPSA) is 81.6 Å². The quantitative estimate of drug-likeness (QED) is 0.640. The zero-order valence-electron chi connectivity index (χ0n) is 9.95. The van der Waals surface area contributed by atoms with E-state index in [1.807, 2.05) is 0 Å². The minimum absolute atomic E-state index is 0.0590. The maximum Gasteiger partial charge on any atom is 0.335 e. The number of nitrogens with one attached hydrogen (secondary N) is 2. The summed E-state index contributed by atoms with van der Waals surface area (Å²) >= 11 is 0. The van der Waals surface area contributed by atoms with E-state index >= 15 is 0 Å². The summed E-state index contributed by atoms with van der Waals surface area (Å²) in [5.74, 6) is -3.30. The molecule has 0 aromatic heterocycles. The molecule has 0 amide bonds. The third kappa shape index (κ3) is 2.56. The van der Waals surface area contributed by atoms with Gasteiger partial charge in [-0.3, -0.25) is 5.32 Å². The van der Waals surface area contributed by atoms with E-state index in [2.05, 4.69) is 10.6 Å². The van der Waals surface area contributed by atoms with E-state index < -0.39 is 30.0 Å². The second kappa shape index (κ2) is 4.94. The zero-order chi connectivity index (χ0) is 14.2. The number of halogens is 2. The van der Waals surface area contributed by atoms with Crippen LogP contribution < -0.4 is 10.6 Å². The number of carbonyl (C=O) groups is 1. The molecule has 19 heavy (non-hydrogen) atoms. The van der Waals surface area contributed by atoms with Crippen LogP contribution in [0.15, 0.2) is 29.5 Å². The monoisotopic (exact) mass is 270 g/mol. The molecule has 102 valence electrons. The van der Waals surface area contributed by atoms with Crippen molar-refractivity contribution in [1.82, 2.24) is 10.6 Å². The van der Waals surface area contributed by atoms with Gasteiger partial charge in [0.25, 0.3) is 0 Å². The Hall–Kier alpha value is -1.99. The van der Waals surface area contributed by atoms with Crippen molar-refractivity contribution in [2.45, 2.75) is 19.3 Å². The second-order valence-electron chi connectivity index (χ2n) is 4.16. The first-order valence-corrected chi connectivity index (χ1v) is 5.50. The number of aliphatic carboxylic acids is 1. The highest BCUT2D eigenvalue weighted by molar-refractivity contribution is 5.89. The third-order valence-corrected chi connectivity index (χ3v) is 2.88. The zero-order valence-corrected chi connectivity index (χ0v) is 9.95. The summed E-state index contributed by atoms with van der Waals surface area (Å²) in [7, 11) is 0. The highest BCUT2D eigenvalue weighted by Crippen LogP contribution is 2.28. The van der Waals surface area contributed by atoms with E-state index in [1.165, 1.54) is 13.0 Å². The summed E-state index contributed by atoms with van der Waals surface area (Å²) in [5.41, 5.74) is 0.418. The Balaban J connectivity index is 2.48. The molecule has 0 saturated heterocycles. The smallest absolute Gasteiger partial charge is 0.335 e. The molecule has 0 spiro atoms. The summed E-state index contributed by atoms with van der Waals surface area (Å²) < 4.78 is 26.1. The van der Waals surface area contributed by atoms with E-state index in [-0.39, 0.29) is 16.8 Å². The molecule has 1 heterocycles. The highest BCUT2D eigenvalue weighted by atomic mass is 19.2. The molecule has 1 aromatic rings. The largest absolute Gasteiger partial charge is 0.478 e. The van der Waals surface area contributed by atoms with Gasteiger partial charge in [0.15, 0.2) is 18.0 Å². The lowest BCUT2D eigenvalue weighted by molar-refractivity contribution is -0.133. The lowest BCUT2D eigenvalue weighted by Crippen LogP contribution is -2.49. The predicted octanol–water partition coefficient (Wildman–Crippen LogP) is 0.833. The Kier molecular flexibility index (Phi) is 3.50. The molecule has 0 radical (unpaired) electrons. The van der Waals surface area contributed by atoms with Gasteiger partial charge in [0.2, 0.25) is 0 Å². The van der Waals surface area contributed by atoms with Crippen molar-refractivity contribution in [2.75, 3.05) is 0 Å². The van der Waals surface area contributed by atoms with Gasteiger partial charge in [0.05, 0.1) is 11.6 Å². The standard InChI is InChI=1S/C12H12F2N2O3/c1-5-9(11(17)18)10(16-12(19)15-5)6-2-3-7(13)8(14)4-6/h2-4,10,12,15-16,19H,1H3,(H,17,18). The first kappa shape index (κ1) is 13.4. The van der Waals surface area contributed by atoms with Gasteiger partial charge in [-0.15, -0.1) is 0 Å². The normalized spacial score (nSPS) is 23.2. The molecule has 2 rings (SSSR count). The van der Waals surface area contributed by atoms with Crippen LogP contribution in [0.2, 0.25) is 0 Å². The van der Waals surface area contributed by atoms with Gasteiger partial charge in [-0.05, 0) is 24.6 Å². The molecular formula is C12H12F2N2O3. The Bertz CT molecular complexity index is 560. The van der Waals surface area contributed by atoms with Crippen LogP contribution in [0.25, 0.3) is 0 Å². The summed E-state index contributed by atoms with van der Waals surface area (Å²) in [5, 5.41) is 23.8. The Labute approximate surface area is 107 Å². The van der Waals surface area contributed by atoms with E-state index in [1.54, 1.807) is 0 Å². The average molecular weight is 270 g/mol. The minimum Gasteiger partial charge on any atom is -0.478 e. The Morgan fingerprint density at radius 2 is 2.00 bits per heavy atom. The van der Waals surface area contributed by atoms with E-state index in [0.29, 0.717) is 0 Å². The molecule has 7 heteroatoms. The van der Waals surface area contributed by atoms with Crippen molar-refractivity contribution in [3.05, 3.63) is 46.7 Å². The summed E-state index contributed by atoms with van der Waals surface area (Å²) in [4.78, 5) is 11.2. The molecule has 5 nitrogen and oxygen atoms in total. The van der Waals surface area contributed by atoms with Crippen LogP contribution in [-0.4, -0.2) is 22.5 Å². The van der Waals surface area contributed by atoms with Gasteiger partial charge >= 0.3 is 5.97 Å². The molecule has 2 unspecified atom stereocenters. The van der Waals surface area contributed by atoms with Crippen molar-refractivity contribution in [1.29, 1.82) is 0 Å². The van der Waals surface area contributed by atoms with Crippen LogP contribution in [-0.2, 0) is 4.79 Å². The number of allylic oxidation sites excluding steroid dienone is 1. The predicted molar refractivity (Wildman–Crippen MR) is 61.7 cm³/mol. The number of aliphatic hydroxyl groups is 1. The van der Waals surface area contributed by atoms with Crippen LogP contribution in [0.4, 0.5) is 8.78 Å². The molecule has 1 aliphatic heterocycles. The van der Waals surface area contributed by atoms with E-state index in [4.69, 9.17) is 5.11 Å². The van der Waals surface area contributed by atoms with Crippen molar-refractivity contribution < 1.29 is 23.8 Å². The summed E-state index contributed by atoms with van der Waals surface area (Å²) in [6.07, 6.45) is -1.17. The number of hydrogen-bond donors (Lipinski definition) is 4. The maximum atomic E-state index is 13.2. The number of carboxylic acid groups (broad SMARTS) is 1. The van der Waals surface area contributed by atoms with Crippen molar-refractivity contribution in [3.8, 4) is 0 Å². The summed E-state index contributed by atoms with van der Waals surface area (Å²) in [6, 6.07) is 2.16. The molecule has 4 N–H and O–H groups in total. The summed E-state index contributed by atoms with van der Waals surface area (Å²) in [6.45, 7) is 1.49. The molecule has 2 atom stereocenters. The fourth-order valence-electron chi connectivity index (χ4n) is 2.02. The molecule has 0 aliphatic carbocycles. The van der Waals surface area contributed by atoms with Gasteiger partial charge < -0.3 is 15.5 Å². The Morgan fingerprint density at radius 3 is 2.58 bits per heavy atom. The van der Waals surface area contributed by atoms with Gasteiger partial charge in [-0.2, -0.15) is 0 Å². The van der Waals surface area contributed by atoms with Crippen LogP contribution in [0.5, 0.6) is 0 Å². The van der Waals surface area contributed by atoms with Gasteiger partial charge in [-0.1, -0.05) is 6.07 Å². The minimum atomic E-state index is -1.21. The maximum absolute atomic E-state index is 13.2. The van der Waals surface area contributed by atoms with E-state index in [9.17, 15) is 18.7 Å². The van der Waals surface area contributed by atoms with Gasteiger partial charge in [0, 0.05) is 5.70 Å². The highest BCUT2D eigenvalue weighted by Gasteiger charge is 2.31. The molecule has 1 aromatic carbocycles. The first-order valence-electron chi connectivity index (χ1n) is 5.50. The van der Waals surface area contributed by atoms with Gasteiger partial charge in [0.1, 0.15) is 0 Å². The first-order chi connectivity index (χ1) is 8.90. The lowest BCUT2D eigenvalue weighted by Gasteiger charge is -2.31. The number of carboxylic acids is 1. The molecule has 0 fully saturated rings. The number of aliphatic hydroxyl groups excluding tert-OH is 1. The van der Waals surface area contributed by atoms with Crippen molar-refractivity contribution in [2.24, 2.45) is 0 Å². The van der Waals surface area contributed by atoms with E-state index in [0.717, 1.165) is 12.1 Å². The lowest BCUT2D eigenvalue weighted by atomic mass is 9.95. The third-order valence-electron chi connectivity index (χ3n) is 2.88. The molecular weight excluding hydrogens is 258 g/mol. The van der Waals surface area contributed by atoms with Crippen LogP contribution in [0.1, 0.15) is 18.5 Å². The van der Waals surface area contributed by atoms with Crippen LogP contribution in [0, 0.1) is 11.6 Å². The van der Waals surface area contributed by atoms with Crippen molar-refractivity contribution >= 4 is 5.97 Å². The molecule has 0 bridgehead atoms. The fourth-order valence-corrected chi connectivity index (χ4v) is 2.02. The molecule has 1 aliphatic rings. The number of hydrogen-bond acceptors (Lipinski definition) is 4. The molecule has 0 saturated carbocycles.